The van der Waals surface area contributed by atoms with Crippen molar-refractivity contribution in [1.29, 1.82) is 0 Å². The molecule has 4 heteroatoms. The van der Waals surface area contributed by atoms with Crippen molar-refractivity contribution < 1.29 is 14.6 Å². The van der Waals surface area contributed by atoms with Gasteiger partial charge in [-0.2, -0.15) is 0 Å². The number of hydrogen-bond acceptors (Lipinski definition) is 4. The summed E-state index contributed by atoms with van der Waals surface area (Å²) in [6.45, 7) is 6.02. The monoisotopic (exact) mass is 329 g/mol. The Morgan fingerprint density at radius 3 is 1.54 bits per heavy atom. The number of ether oxygens (including phenoxy) is 2. The van der Waals surface area contributed by atoms with Gasteiger partial charge in [0.1, 0.15) is 17.1 Å². The van der Waals surface area contributed by atoms with Crippen LogP contribution < -0.4 is 15.2 Å². The van der Waals surface area contributed by atoms with Crippen LogP contribution >= 0.6 is 0 Å². The Labute approximate surface area is 144 Å². The van der Waals surface area contributed by atoms with Crippen molar-refractivity contribution >= 4 is 0 Å². The molecular formula is C20H27NO3. The topological polar surface area (TPSA) is 64.7 Å². The maximum absolute atomic E-state index is 11.9. The molecular weight excluding hydrogens is 302 g/mol. The molecule has 0 spiro atoms. The van der Waals surface area contributed by atoms with Crippen molar-refractivity contribution in [1.82, 2.24) is 0 Å². The molecule has 0 saturated carbocycles. The number of benzene rings is 2. The summed E-state index contributed by atoms with van der Waals surface area (Å²) in [6.07, 6.45) is 0. The van der Waals surface area contributed by atoms with Gasteiger partial charge in [-0.1, -0.05) is 57.2 Å². The maximum Gasteiger partial charge on any atom is 0.137 e. The zero-order valence-electron chi connectivity index (χ0n) is 15.0. The fourth-order valence-electron chi connectivity index (χ4n) is 3.03. The largest absolute Gasteiger partial charge is 0.496 e. The molecule has 0 aromatic heterocycles. The Bertz CT molecular complexity index is 644. The number of nitrogens with two attached hydrogens (primary N) is 1. The maximum atomic E-state index is 11.9. The molecule has 2 rings (SSSR count). The third-order valence-corrected chi connectivity index (χ3v) is 4.42. The molecule has 0 aliphatic heterocycles. The van der Waals surface area contributed by atoms with Gasteiger partial charge in [0, 0.05) is 17.2 Å². The minimum atomic E-state index is -1.46. The molecule has 4 nitrogen and oxygen atoms in total. The highest BCUT2D eigenvalue weighted by Crippen LogP contribution is 2.45. The highest BCUT2D eigenvalue weighted by Gasteiger charge is 2.47. The van der Waals surface area contributed by atoms with Crippen LogP contribution in [0.25, 0.3) is 0 Å². The molecule has 0 amide bonds. The van der Waals surface area contributed by atoms with Gasteiger partial charge in [-0.25, -0.2) is 0 Å². The van der Waals surface area contributed by atoms with Gasteiger partial charge in [0.25, 0.3) is 0 Å². The van der Waals surface area contributed by atoms with Crippen molar-refractivity contribution in [3.63, 3.8) is 0 Å². The fraction of sp³-hybridized carbons (Fsp3) is 0.400. The molecule has 0 heterocycles. The molecule has 0 bridgehead atoms. The molecule has 0 saturated heterocycles. The Balaban J connectivity index is 2.80. The van der Waals surface area contributed by atoms with Crippen LogP contribution in [0.15, 0.2) is 48.5 Å². The van der Waals surface area contributed by atoms with E-state index in [-0.39, 0.29) is 5.41 Å². The smallest absolute Gasteiger partial charge is 0.137 e. The zero-order chi connectivity index (χ0) is 18.0. The lowest BCUT2D eigenvalue weighted by Crippen LogP contribution is -2.53. The normalized spacial score (nSPS) is 13.5. The van der Waals surface area contributed by atoms with Crippen LogP contribution in [0, 0.1) is 5.41 Å². The van der Waals surface area contributed by atoms with E-state index in [9.17, 15) is 5.11 Å². The Morgan fingerprint density at radius 2 is 1.21 bits per heavy atom. The fourth-order valence-corrected chi connectivity index (χ4v) is 3.03. The molecule has 0 aliphatic carbocycles. The van der Waals surface area contributed by atoms with Crippen LogP contribution in [-0.4, -0.2) is 25.4 Å². The van der Waals surface area contributed by atoms with E-state index in [4.69, 9.17) is 15.2 Å². The number of para-hydroxylation sites is 2. The van der Waals surface area contributed by atoms with Crippen LogP contribution in [0.3, 0.4) is 0 Å². The minimum absolute atomic E-state index is 0.351. The molecule has 24 heavy (non-hydrogen) atoms. The van der Waals surface area contributed by atoms with Gasteiger partial charge in [0.15, 0.2) is 0 Å². The standard InChI is InChI=1S/C20H27NO3/c1-19(2,3)18(21)20(22,14-10-6-8-12-16(14)23-4)15-11-7-9-13-17(15)24-5/h6-13,18,22H,21H2,1-5H3. The van der Waals surface area contributed by atoms with Gasteiger partial charge in [-0.05, 0) is 17.5 Å². The quantitative estimate of drug-likeness (QED) is 0.883. The second kappa shape index (κ2) is 6.83. The number of hydrogen-bond donors (Lipinski definition) is 2. The van der Waals surface area contributed by atoms with Gasteiger partial charge < -0.3 is 20.3 Å². The van der Waals surface area contributed by atoms with E-state index in [1.807, 2.05) is 69.3 Å². The Kier molecular flexibility index (Phi) is 5.21. The van der Waals surface area contributed by atoms with E-state index >= 15 is 0 Å². The zero-order valence-corrected chi connectivity index (χ0v) is 15.0. The lowest BCUT2D eigenvalue weighted by atomic mass is 9.70. The first-order chi connectivity index (χ1) is 11.3. The van der Waals surface area contributed by atoms with E-state index in [0.717, 1.165) is 0 Å². The molecule has 1 atom stereocenters. The third kappa shape index (κ3) is 3.12. The van der Waals surface area contributed by atoms with Crippen molar-refractivity contribution in [2.75, 3.05) is 14.2 Å². The summed E-state index contributed by atoms with van der Waals surface area (Å²) in [7, 11) is 3.17. The van der Waals surface area contributed by atoms with E-state index < -0.39 is 11.6 Å². The average Bonchev–Trinajstić information content (AvgIpc) is 2.59. The van der Waals surface area contributed by atoms with Gasteiger partial charge in [0.05, 0.1) is 14.2 Å². The molecule has 0 radical (unpaired) electrons. The van der Waals surface area contributed by atoms with Gasteiger partial charge in [-0.15, -0.1) is 0 Å². The SMILES string of the molecule is COc1ccccc1C(O)(c1ccccc1OC)C(N)C(C)(C)C. The van der Waals surface area contributed by atoms with Crippen LogP contribution in [0.5, 0.6) is 11.5 Å². The van der Waals surface area contributed by atoms with E-state index in [1.165, 1.54) is 0 Å². The van der Waals surface area contributed by atoms with Crippen molar-refractivity contribution in [2.24, 2.45) is 11.1 Å². The van der Waals surface area contributed by atoms with Gasteiger partial charge in [0.2, 0.25) is 0 Å². The highest BCUT2D eigenvalue weighted by atomic mass is 16.5. The molecule has 2 aromatic carbocycles. The molecule has 2 aromatic rings. The summed E-state index contributed by atoms with van der Waals surface area (Å²) in [6, 6.07) is 14.2. The molecule has 3 N–H and O–H groups in total. The van der Waals surface area contributed by atoms with Crippen LogP contribution in [0.4, 0.5) is 0 Å². The summed E-state index contributed by atoms with van der Waals surface area (Å²) >= 11 is 0. The van der Waals surface area contributed by atoms with Crippen LogP contribution in [0.2, 0.25) is 0 Å². The molecule has 0 aliphatic rings. The second-order valence-corrected chi connectivity index (χ2v) is 7.01. The van der Waals surface area contributed by atoms with Gasteiger partial charge in [-0.3, -0.25) is 0 Å². The van der Waals surface area contributed by atoms with E-state index in [1.54, 1.807) is 14.2 Å². The van der Waals surface area contributed by atoms with E-state index in [0.29, 0.717) is 22.6 Å². The predicted molar refractivity (Wildman–Crippen MR) is 96.4 cm³/mol. The second-order valence-electron chi connectivity index (χ2n) is 7.01. The third-order valence-electron chi connectivity index (χ3n) is 4.42. The lowest BCUT2D eigenvalue weighted by Gasteiger charge is -2.42. The summed E-state index contributed by atoms with van der Waals surface area (Å²) in [5, 5.41) is 11.9. The summed E-state index contributed by atoms with van der Waals surface area (Å²) < 4.78 is 11.0. The van der Waals surface area contributed by atoms with E-state index in [2.05, 4.69) is 0 Å². The number of aliphatic hydroxyl groups is 1. The minimum Gasteiger partial charge on any atom is -0.496 e. The first kappa shape index (κ1) is 18.3. The highest BCUT2D eigenvalue weighted by molar-refractivity contribution is 5.51. The Hall–Kier alpha value is -2.04. The van der Waals surface area contributed by atoms with Crippen molar-refractivity contribution in [2.45, 2.75) is 32.4 Å². The first-order valence-corrected chi connectivity index (χ1v) is 8.01. The average molecular weight is 329 g/mol. The van der Waals surface area contributed by atoms with Crippen molar-refractivity contribution in [3.8, 4) is 11.5 Å². The molecule has 1 unspecified atom stereocenters. The lowest BCUT2D eigenvalue weighted by molar-refractivity contribution is 0.00750. The van der Waals surface area contributed by atoms with Crippen LogP contribution in [0.1, 0.15) is 31.9 Å². The summed E-state index contributed by atoms with van der Waals surface area (Å²) in [4.78, 5) is 0. The summed E-state index contributed by atoms with van der Waals surface area (Å²) in [5.41, 5.74) is 6.02. The van der Waals surface area contributed by atoms with Crippen LogP contribution in [-0.2, 0) is 5.60 Å². The Morgan fingerprint density at radius 1 is 0.833 bits per heavy atom. The number of rotatable bonds is 5. The first-order valence-electron chi connectivity index (χ1n) is 8.01. The molecule has 130 valence electrons. The van der Waals surface area contributed by atoms with Gasteiger partial charge >= 0.3 is 0 Å². The summed E-state index contributed by atoms with van der Waals surface area (Å²) in [5.74, 6) is 1.18. The van der Waals surface area contributed by atoms with Crippen molar-refractivity contribution in [3.05, 3.63) is 59.7 Å². The number of methoxy groups -OCH3 is 2. The molecule has 0 fully saturated rings. The predicted octanol–water partition coefficient (Wildman–Crippen LogP) is 3.31.